The molecular weight excluding hydrogens is 223 g/mol. The van der Waals surface area contributed by atoms with Crippen molar-refractivity contribution >= 4 is 6.29 Å². The third-order valence-electron chi connectivity index (χ3n) is 2.27. The highest BCUT2D eigenvalue weighted by Crippen LogP contribution is 2.25. The third kappa shape index (κ3) is 2.13. The molecular formula is C12H9FN2O2. The van der Waals surface area contributed by atoms with E-state index in [4.69, 9.17) is 4.74 Å². The van der Waals surface area contributed by atoms with E-state index < -0.39 is 5.82 Å². The minimum absolute atomic E-state index is 0.192. The Balaban J connectivity index is 2.55. The first-order valence-corrected chi connectivity index (χ1v) is 4.86. The van der Waals surface area contributed by atoms with Crippen LogP contribution in [0.5, 0.6) is 6.01 Å². The Morgan fingerprint density at radius 3 is 2.59 bits per heavy atom. The maximum atomic E-state index is 13.7. The van der Waals surface area contributed by atoms with Gasteiger partial charge in [-0.05, 0) is 6.07 Å². The van der Waals surface area contributed by atoms with E-state index in [1.54, 1.807) is 0 Å². The van der Waals surface area contributed by atoms with Crippen LogP contribution in [0.3, 0.4) is 0 Å². The van der Waals surface area contributed by atoms with E-state index in [1.807, 2.05) is 0 Å². The van der Waals surface area contributed by atoms with Crippen LogP contribution in [0.15, 0.2) is 30.6 Å². The molecule has 0 N–H and O–H groups in total. The number of carbonyl (C=O) groups is 1. The molecule has 0 saturated carbocycles. The molecule has 5 heteroatoms. The monoisotopic (exact) mass is 232 g/mol. The number of carbonyl (C=O) groups excluding carboxylic acids is 1. The van der Waals surface area contributed by atoms with Gasteiger partial charge in [-0.1, -0.05) is 12.1 Å². The number of rotatable bonds is 3. The SMILES string of the molecule is COc1ncc(-c2c(F)cccc2C=O)cn1. The van der Waals surface area contributed by atoms with Crippen LogP contribution in [-0.4, -0.2) is 23.4 Å². The van der Waals surface area contributed by atoms with Crippen molar-refractivity contribution in [2.75, 3.05) is 7.11 Å². The van der Waals surface area contributed by atoms with Crippen molar-refractivity contribution in [2.45, 2.75) is 0 Å². The lowest BCUT2D eigenvalue weighted by atomic mass is 10.0. The van der Waals surface area contributed by atoms with Crippen molar-refractivity contribution in [3.8, 4) is 17.1 Å². The minimum Gasteiger partial charge on any atom is -0.467 e. The first kappa shape index (κ1) is 11.2. The molecule has 4 nitrogen and oxygen atoms in total. The number of aldehydes is 1. The second-order valence-electron chi connectivity index (χ2n) is 3.28. The molecule has 0 atom stereocenters. The zero-order valence-corrected chi connectivity index (χ0v) is 9.05. The Hall–Kier alpha value is -2.30. The van der Waals surface area contributed by atoms with Crippen LogP contribution in [0, 0.1) is 5.82 Å². The van der Waals surface area contributed by atoms with Crippen LogP contribution < -0.4 is 4.74 Å². The zero-order valence-electron chi connectivity index (χ0n) is 9.05. The maximum absolute atomic E-state index is 13.7. The van der Waals surface area contributed by atoms with Gasteiger partial charge in [0.2, 0.25) is 0 Å². The number of ether oxygens (including phenoxy) is 1. The lowest BCUT2D eigenvalue weighted by molar-refractivity contribution is 0.112. The Bertz CT molecular complexity index is 541. The van der Waals surface area contributed by atoms with E-state index in [2.05, 4.69) is 9.97 Å². The normalized spacial score (nSPS) is 10.0. The van der Waals surface area contributed by atoms with Crippen LogP contribution >= 0.6 is 0 Å². The van der Waals surface area contributed by atoms with E-state index in [9.17, 15) is 9.18 Å². The number of methoxy groups -OCH3 is 1. The van der Waals surface area contributed by atoms with Gasteiger partial charge in [0.25, 0.3) is 0 Å². The van der Waals surface area contributed by atoms with Crippen LogP contribution in [0.4, 0.5) is 4.39 Å². The standard InChI is InChI=1S/C12H9FN2O2/c1-17-12-14-5-9(6-15-12)11-8(7-16)3-2-4-10(11)13/h2-7H,1H3. The van der Waals surface area contributed by atoms with Gasteiger partial charge in [-0.25, -0.2) is 14.4 Å². The molecule has 0 spiro atoms. The highest BCUT2D eigenvalue weighted by atomic mass is 19.1. The van der Waals surface area contributed by atoms with E-state index in [1.165, 1.54) is 37.7 Å². The summed E-state index contributed by atoms with van der Waals surface area (Å²) in [6, 6.07) is 4.49. The summed E-state index contributed by atoms with van der Waals surface area (Å²) in [6.07, 6.45) is 3.43. The summed E-state index contributed by atoms with van der Waals surface area (Å²) in [4.78, 5) is 18.6. The highest BCUT2D eigenvalue weighted by Gasteiger charge is 2.11. The number of benzene rings is 1. The molecule has 1 heterocycles. The molecule has 0 amide bonds. The molecule has 0 radical (unpaired) electrons. The molecule has 17 heavy (non-hydrogen) atoms. The van der Waals surface area contributed by atoms with E-state index >= 15 is 0 Å². The minimum atomic E-state index is -0.483. The summed E-state index contributed by atoms with van der Waals surface area (Å²) in [5.74, 6) is -0.483. The second-order valence-corrected chi connectivity index (χ2v) is 3.28. The first-order chi connectivity index (χ1) is 8.26. The summed E-state index contributed by atoms with van der Waals surface area (Å²) >= 11 is 0. The summed E-state index contributed by atoms with van der Waals surface area (Å²) in [5.41, 5.74) is 0.898. The molecule has 0 bridgehead atoms. The van der Waals surface area contributed by atoms with E-state index in [0.717, 1.165) is 0 Å². The summed E-state index contributed by atoms with van der Waals surface area (Å²) in [7, 11) is 1.44. The largest absolute Gasteiger partial charge is 0.467 e. The average Bonchev–Trinajstić information content (AvgIpc) is 2.38. The maximum Gasteiger partial charge on any atom is 0.316 e. The van der Waals surface area contributed by atoms with Gasteiger partial charge >= 0.3 is 6.01 Å². The summed E-state index contributed by atoms with van der Waals surface area (Å²) < 4.78 is 18.5. The molecule has 0 saturated heterocycles. The van der Waals surface area contributed by atoms with Crippen molar-refractivity contribution in [3.05, 3.63) is 42.0 Å². The number of aromatic nitrogens is 2. The van der Waals surface area contributed by atoms with Crippen molar-refractivity contribution in [1.82, 2.24) is 9.97 Å². The van der Waals surface area contributed by atoms with Crippen LogP contribution in [-0.2, 0) is 0 Å². The Labute approximate surface area is 97.1 Å². The van der Waals surface area contributed by atoms with Gasteiger partial charge in [0.05, 0.1) is 7.11 Å². The topological polar surface area (TPSA) is 52.1 Å². The van der Waals surface area contributed by atoms with E-state index in [0.29, 0.717) is 11.8 Å². The molecule has 0 aliphatic heterocycles. The van der Waals surface area contributed by atoms with Gasteiger partial charge in [0, 0.05) is 29.1 Å². The van der Waals surface area contributed by atoms with Crippen LogP contribution in [0.25, 0.3) is 11.1 Å². The Morgan fingerprint density at radius 1 is 1.29 bits per heavy atom. The molecule has 0 fully saturated rings. The van der Waals surface area contributed by atoms with Crippen molar-refractivity contribution < 1.29 is 13.9 Å². The second kappa shape index (κ2) is 4.69. The molecule has 0 aliphatic carbocycles. The smallest absolute Gasteiger partial charge is 0.316 e. The van der Waals surface area contributed by atoms with Gasteiger partial charge in [0.15, 0.2) is 6.29 Å². The number of hydrogen-bond donors (Lipinski definition) is 0. The third-order valence-corrected chi connectivity index (χ3v) is 2.27. The van der Waals surface area contributed by atoms with Gasteiger partial charge < -0.3 is 4.74 Å². The number of nitrogens with zero attached hydrogens (tertiary/aromatic N) is 2. The molecule has 2 aromatic rings. The molecule has 0 aliphatic rings. The fraction of sp³-hybridized carbons (Fsp3) is 0.0833. The van der Waals surface area contributed by atoms with Crippen molar-refractivity contribution in [2.24, 2.45) is 0 Å². The lowest BCUT2D eigenvalue weighted by Crippen LogP contribution is -1.95. The van der Waals surface area contributed by atoms with Gasteiger partial charge in [0.1, 0.15) is 5.82 Å². The predicted molar refractivity (Wildman–Crippen MR) is 59.4 cm³/mol. The summed E-state index contributed by atoms with van der Waals surface area (Å²) in [5, 5.41) is 0. The average molecular weight is 232 g/mol. The fourth-order valence-electron chi connectivity index (χ4n) is 1.49. The molecule has 1 aromatic heterocycles. The molecule has 86 valence electrons. The molecule has 1 aromatic carbocycles. The molecule has 0 unspecified atom stereocenters. The van der Waals surface area contributed by atoms with Gasteiger partial charge in [-0.15, -0.1) is 0 Å². The van der Waals surface area contributed by atoms with Crippen LogP contribution in [0.1, 0.15) is 10.4 Å². The van der Waals surface area contributed by atoms with Crippen LogP contribution in [0.2, 0.25) is 0 Å². The van der Waals surface area contributed by atoms with Crippen molar-refractivity contribution in [3.63, 3.8) is 0 Å². The van der Waals surface area contributed by atoms with Gasteiger partial charge in [-0.3, -0.25) is 4.79 Å². The summed E-state index contributed by atoms with van der Waals surface area (Å²) in [6.45, 7) is 0. The Kier molecular flexibility index (Phi) is 3.09. The zero-order chi connectivity index (χ0) is 12.3. The number of halogens is 1. The quantitative estimate of drug-likeness (QED) is 0.760. The van der Waals surface area contributed by atoms with Gasteiger partial charge in [-0.2, -0.15) is 0 Å². The van der Waals surface area contributed by atoms with Crippen molar-refractivity contribution in [1.29, 1.82) is 0 Å². The highest BCUT2D eigenvalue weighted by molar-refractivity contribution is 5.87. The first-order valence-electron chi connectivity index (χ1n) is 4.86. The number of hydrogen-bond acceptors (Lipinski definition) is 4. The Morgan fingerprint density at radius 2 is 2.00 bits per heavy atom. The predicted octanol–water partition coefficient (Wildman–Crippen LogP) is 2.10. The molecule has 2 rings (SSSR count). The lowest BCUT2D eigenvalue weighted by Gasteiger charge is -2.06. The van der Waals surface area contributed by atoms with E-state index in [-0.39, 0.29) is 17.1 Å². The fourth-order valence-corrected chi connectivity index (χ4v) is 1.49.